The Morgan fingerprint density at radius 2 is 1.86 bits per heavy atom. The average Bonchev–Trinajstić information content (AvgIpc) is 2.50. The summed E-state index contributed by atoms with van der Waals surface area (Å²) >= 11 is 0. The van der Waals surface area contributed by atoms with Gasteiger partial charge in [0, 0.05) is 12.7 Å². The zero-order valence-corrected chi connectivity index (χ0v) is 11.8. The minimum absolute atomic E-state index is 0.282. The van der Waals surface area contributed by atoms with Crippen LogP contribution in [-0.4, -0.2) is 59.0 Å². The normalized spacial score (nSPS) is 32.5. The van der Waals surface area contributed by atoms with Crippen LogP contribution >= 0.6 is 0 Å². The van der Waals surface area contributed by atoms with Gasteiger partial charge in [-0.1, -0.05) is 12.1 Å². The molecule has 7 heteroatoms. The number of anilines is 1. The Morgan fingerprint density at radius 3 is 2.52 bits per heavy atom. The van der Waals surface area contributed by atoms with E-state index in [1.165, 1.54) is 6.92 Å². The molecule has 0 aromatic heterocycles. The van der Waals surface area contributed by atoms with Crippen molar-refractivity contribution in [2.75, 3.05) is 12.4 Å². The summed E-state index contributed by atoms with van der Waals surface area (Å²) in [7, 11) is 1.67. The van der Waals surface area contributed by atoms with Gasteiger partial charge in [-0.3, -0.25) is 0 Å². The molecule has 0 spiro atoms. The number of ether oxygens (including phenoxy) is 2. The van der Waals surface area contributed by atoms with Crippen molar-refractivity contribution in [1.82, 2.24) is 0 Å². The number of aliphatic hydroxyl groups excluding tert-OH is 3. The van der Waals surface area contributed by atoms with Crippen LogP contribution < -0.4 is 5.32 Å². The SMILES string of the molecule is CNc1ccccc1C(=O)O[C@@H]1O[C@@H](C)[C@H](O)[C@H](O)[C@@H]1O. The van der Waals surface area contributed by atoms with E-state index >= 15 is 0 Å². The molecule has 0 radical (unpaired) electrons. The summed E-state index contributed by atoms with van der Waals surface area (Å²) in [5.41, 5.74) is 0.852. The molecule has 0 unspecified atom stereocenters. The molecule has 4 N–H and O–H groups in total. The summed E-state index contributed by atoms with van der Waals surface area (Å²) in [6.07, 6.45) is -6.29. The third-order valence-electron chi connectivity index (χ3n) is 3.45. The average molecular weight is 297 g/mol. The van der Waals surface area contributed by atoms with E-state index < -0.39 is 36.7 Å². The second kappa shape index (κ2) is 6.40. The van der Waals surface area contributed by atoms with Gasteiger partial charge in [0.2, 0.25) is 6.29 Å². The van der Waals surface area contributed by atoms with Crippen molar-refractivity contribution in [3.8, 4) is 0 Å². The molecule has 1 saturated heterocycles. The smallest absolute Gasteiger partial charge is 0.342 e. The molecule has 2 rings (SSSR count). The largest absolute Gasteiger partial charge is 0.429 e. The van der Waals surface area contributed by atoms with Crippen LogP contribution in [0.2, 0.25) is 0 Å². The molecule has 0 saturated carbocycles. The van der Waals surface area contributed by atoms with Crippen LogP contribution in [0.3, 0.4) is 0 Å². The highest BCUT2D eigenvalue weighted by molar-refractivity contribution is 5.95. The first-order valence-electron chi connectivity index (χ1n) is 6.63. The predicted molar refractivity (Wildman–Crippen MR) is 73.8 cm³/mol. The van der Waals surface area contributed by atoms with E-state index in [1.807, 2.05) is 0 Å². The maximum Gasteiger partial charge on any atom is 0.342 e. The Balaban J connectivity index is 2.12. The van der Waals surface area contributed by atoms with Crippen LogP contribution in [0.5, 0.6) is 0 Å². The molecular formula is C14H19NO6. The number of rotatable bonds is 3. The van der Waals surface area contributed by atoms with Gasteiger partial charge in [0.1, 0.15) is 18.3 Å². The highest BCUT2D eigenvalue weighted by Crippen LogP contribution is 2.24. The first-order valence-corrected chi connectivity index (χ1v) is 6.63. The van der Waals surface area contributed by atoms with Gasteiger partial charge in [0.05, 0.1) is 11.7 Å². The molecule has 0 bridgehead atoms. The molecule has 1 heterocycles. The molecular weight excluding hydrogens is 278 g/mol. The first-order chi connectivity index (χ1) is 9.95. The van der Waals surface area contributed by atoms with Crippen LogP contribution in [0.1, 0.15) is 17.3 Å². The minimum Gasteiger partial charge on any atom is -0.429 e. The maximum absolute atomic E-state index is 12.1. The molecule has 7 nitrogen and oxygen atoms in total. The van der Waals surface area contributed by atoms with E-state index in [-0.39, 0.29) is 5.56 Å². The van der Waals surface area contributed by atoms with Gasteiger partial charge in [-0.05, 0) is 19.1 Å². The van der Waals surface area contributed by atoms with Crippen molar-refractivity contribution in [2.45, 2.75) is 37.6 Å². The number of carbonyl (C=O) groups is 1. The van der Waals surface area contributed by atoms with Crippen molar-refractivity contribution >= 4 is 11.7 Å². The van der Waals surface area contributed by atoms with Gasteiger partial charge in [0.25, 0.3) is 0 Å². The minimum atomic E-state index is -1.51. The third kappa shape index (κ3) is 3.16. The Labute approximate surface area is 122 Å². The number of esters is 1. The van der Waals surface area contributed by atoms with Gasteiger partial charge in [-0.2, -0.15) is 0 Å². The van der Waals surface area contributed by atoms with Crippen molar-refractivity contribution in [3.63, 3.8) is 0 Å². The summed E-state index contributed by atoms with van der Waals surface area (Å²) in [6.45, 7) is 1.52. The van der Waals surface area contributed by atoms with E-state index in [4.69, 9.17) is 9.47 Å². The lowest BCUT2D eigenvalue weighted by Crippen LogP contribution is -2.57. The van der Waals surface area contributed by atoms with Crippen molar-refractivity contribution < 1.29 is 29.6 Å². The standard InChI is InChI=1S/C14H19NO6/c1-7-10(16)11(17)12(18)14(20-7)21-13(19)8-5-3-4-6-9(8)15-2/h3-7,10-12,14-18H,1-2H3/t7-,10-,11-,12-,14-/m0/s1. The van der Waals surface area contributed by atoms with Gasteiger partial charge < -0.3 is 30.1 Å². The lowest BCUT2D eigenvalue weighted by Gasteiger charge is -2.38. The van der Waals surface area contributed by atoms with E-state index in [2.05, 4.69) is 5.32 Å². The fraction of sp³-hybridized carbons (Fsp3) is 0.500. The number of hydrogen-bond acceptors (Lipinski definition) is 7. The van der Waals surface area contributed by atoms with Crippen molar-refractivity contribution in [3.05, 3.63) is 29.8 Å². The second-order valence-corrected chi connectivity index (χ2v) is 4.88. The maximum atomic E-state index is 12.1. The highest BCUT2D eigenvalue weighted by atomic mass is 16.7. The van der Waals surface area contributed by atoms with Crippen LogP contribution in [-0.2, 0) is 9.47 Å². The van der Waals surface area contributed by atoms with Crippen LogP contribution in [0, 0.1) is 0 Å². The van der Waals surface area contributed by atoms with E-state index in [0.29, 0.717) is 5.69 Å². The molecule has 0 aliphatic carbocycles. The molecule has 1 aromatic rings. The molecule has 116 valence electrons. The Bertz CT molecular complexity index is 508. The molecule has 1 aliphatic rings. The highest BCUT2D eigenvalue weighted by Gasteiger charge is 2.43. The second-order valence-electron chi connectivity index (χ2n) is 4.88. The summed E-state index contributed by atoms with van der Waals surface area (Å²) in [4.78, 5) is 12.1. The molecule has 5 atom stereocenters. The predicted octanol–water partition coefficient (Wildman–Crippen LogP) is -0.287. The van der Waals surface area contributed by atoms with E-state index in [9.17, 15) is 20.1 Å². The number of carbonyl (C=O) groups excluding carboxylic acids is 1. The Kier molecular flexibility index (Phi) is 4.79. The fourth-order valence-corrected chi connectivity index (χ4v) is 2.16. The zero-order valence-electron chi connectivity index (χ0n) is 11.8. The van der Waals surface area contributed by atoms with Crippen LogP contribution in [0.15, 0.2) is 24.3 Å². The van der Waals surface area contributed by atoms with Gasteiger partial charge in [0.15, 0.2) is 0 Å². The number of hydrogen-bond donors (Lipinski definition) is 4. The lowest BCUT2D eigenvalue weighted by atomic mass is 10.00. The zero-order chi connectivity index (χ0) is 15.6. The van der Waals surface area contributed by atoms with Gasteiger partial charge in [-0.15, -0.1) is 0 Å². The molecule has 1 fully saturated rings. The van der Waals surface area contributed by atoms with E-state index in [0.717, 1.165) is 0 Å². The van der Waals surface area contributed by atoms with Crippen LogP contribution in [0.4, 0.5) is 5.69 Å². The topological polar surface area (TPSA) is 108 Å². The number of aliphatic hydroxyl groups is 3. The third-order valence-corrected chi connectivity index (χ3v) is 3.45. The molecule has 21 heavy (non-hydrogen) atoms. The number of para-hydroxylation sites is 1. The summed E-state index contributed by atoms with van der Waals surface area (Å²) in [5.74, 6) is -0.695. The summed E-state index contributed by atoms with van der Waals surface area (Å²) in [5, 5.41) is 31.9. The number of nitrogens with one attached hydrogen (secondary N) is 1. The monoisotopic (exact) mass is 297 g/mol. The first kappa shape index (κ1) is 15.7. The lowest BCUT2D eigenvalue weighted by molar-refractivity contribution is -0.276. The van der Waals surface area contributed by atoms with Crippen molar-refractivity contribution in [2.24, 2.45) is 0 Å². The van der Waals surface area contributed by atoms with Gasteiger partial charge in [-0.25, -0.2) is 4.79 Å². The molecule has 1 aliphatic heterocycles. The van der Waals surface area contributed by atoms with Crippen LogP contribution in [0.25, 0.3) is 0 Å². The number of benzene rings is 1. The fourth-order valence-electron chi connectivity index (χ4n) is 2.16. The van der Waals surface area contributed by atoms with Crippen molar-refractivity contribution in [1.29, 1.82) is 0 Å². The molecule has 0 amide bonds. The molecule has 1 aromatic carbocycles. The Hall–Kier alpha value is -1.67. The summed E-state index contributed by atoms with van der Waals surface area (Å²) in [6, 6.07) is 6.71. The van der Waals surface area contributed by atoms with Gasteiger partial charge >= 0.3 is 5.97 Å². The summed E-state index contributed by atoms with van der Waals surface area (Å²) < 4.78 is 10.3. The Morgan fingerprint density at radius 1 is 1.19 bits per heavy atom. The quantitative estimate of drug-likeness (QED) is 0.568. The van der Waals surface area contributed by atoms with E-state index in [1.54, 1.807) is 31.3 Å².